The Morgan fingerprint density at radius 3 is 2.52 bits per heavy atom. The lowest BCUT2D eigenvalue weighted by Crippen LogP contribution is -2.45. The molecule has 1 amide bonds. The highest BCUT2D eigenvalue weighted by atomic mass is 32.1. The Bertz CT molecular complexity index is 589. The zero-order valence-electron chi connectivity index (χ0n) is 12.8. The molecule has 2 saturated heterocycles. The zero-order chi connectivity index (χ0) is 15.0. The summed E-state index contributed by atoms with van der Waals surface area (Å²) in [4.78, 5) is 27.2. The van der Waals surface area contributed by atoms with Crippen LogP contribution in [0.15, 0.2) is 4.79 Å². The summed E-state index contributed by atoms with van der Waals surface area (Å²) in [5.41, 5.74) is 1.34. The highest BCUT2D eigenvalue weighted by molar-refractivity contribution is 7.09. The summed E-state index contributed by atoms with van der Waals surface area (Å²) in [5.74, 6) is 0.0822. The topological polar surface area (TPSA) is 54.3 Å². The lowest BCUT2D eigenvalue weighted by molar-refractivity contribution is -0.134. The minimum absolute atomic E-state index is 0.0215. The van der Waals surface area contributed by atoms with E-state index in [1.165, 1.54) is 17.8 Å². The van der Waals surface area contributed by atoms with Crippen molar-refractivity contribution in [1.29, 1.82) is 0 Å². The molecule has 5 nitrogen and oxygen atoms in total. The first-order valence-electron chi connectivity index (χ1n) is 7.66. The number of piperidine rings is 1. The van der Waals surface area contributed by atoms with Crippen LogP contribution in [0.4, 0.5) is 0 Å². The first kappa shape index (κ1) is 14.8. The number of thiazole rings is 1. The van der Waals surface area contributed by atoms with E-state index in [4.69, 9.17) is 0 Å². The Labute approximate surface area is 129 Å². The second-order valence-corrected chi connectivity index (χ2v) is 7.57. The first-order valence-corrected chi connectivity index (χ1v) is 8.48. The van der Waals surface area contributed by atoms with Gasteiger partial charge in [-0.2, -0.15) is 0 Å². The van der Waals surface area contributed by atoms with Crippen molar-refractivity contribution < 1.29 is 4.79 Å². The fraction of sp³-hybridized carbons (Fsp3) is 0.733. The van der Waals surface area contributed by atoms with E-state index >= 15 is 0 Å². The highest BCUT2D eigenvalue weighted by Crippen LogP contribution is 2.36. The van der Waals surface area contributed by atoms with Crippen LogP contribution < -0.4 is 10.2 Å². The summed E-state index contributed by atoms with van der Waals surface area (Å²) in [6, 6.07) is 0. The maximum absolute atomic E-state index is 12.4. The van der Waals surface area contributed by atoms with E-state index in [0.717, 1.165) is 49.6 Å². The van der Waals surface area contributed by atoms with Gasteiger partial charge in [0.15, 0.2) is 0 Å². The van der Waals surface area contributed by atoms with Gasteiger partial charge < -0.3 is 10.2 Å². The Kier molecular flexibility index (Phi) is 3.92. The lowest BCUT2D eigenvalue weighted by Gasteiger charge is -2.39. The van der Waals surface area contributed by atoms with E-state index in [1.54, 1.807) is 4.57 Å². The number of likely N-dealkylation sites (tertiary alicyclic amines) is 1. The van der Waals surface area contributed by atoms with Gasteiger partial charge in [0.05, 0.1) is 0 Å². The highest BCUT2D eigenvalue weighted by Gasteiger charge is 2.38. The molecule has 116 valence electrons. The minimum Gasteiger partial charge on any atom is -0.341 e. The maximum Gasteiger partial charge on any atom is 0.308 e. The number of hydrogen-bond donors (Lipinski definition) is 1. The second-order valence-electron chi connectivity index (χ2n) is 6.40. The molecule has 1 N–H and O–H groups in total. The molecule has 2 fully saturated rings. The number of amides is 1. The molecule has 1 spiro atoms. The van der Waals surface area contributed by atoms with Crippen LogP contribution in [0.2, 0.25) is 0 Å². The van der Waals surface area contributed by atoms with Crippen molar-refractivity contribution in [2.45, 2.75) is 39.7 Å². The Balaban J connectivity index is 1.63. The van der Waals surface area contributed by atoms with Crippen molar-refractivity contribution in [3.05, 3.63) is 20.2 Å². The van der Waals surface area contributed by atoms with Gasteiger partial charge in [-0.1, -0.05) is 11.3 Å². The first-order chi connectivity index (χ1) is 10.0. The number of carbonyl (C=O) groups excluding carboxylic acids is 1. The fourth-order valence-electron chi connectivity index (χ4n) is 3.46. The van der Waals surface area contributed by atoms with Crippen LogP contribution in [-0.4, -0.2) is 41.6 Å². The van der Waals surface area contributed by atoms with Gasteiger partial charge in [-0.25, -0.2) is 0 Å². The molecule has 1 aromatic rings. The molecule has 0 atom stereocenters. The maximum atomic E-state index is 12.4. The van der Waals surface area contributed by atoms with Crippen LogP contribution in [0, 0.1) is 19.3 Å². The molecular formula is C15H23N3O2S. The van der Waals surface area contributed by atoms with Crippen LogP contribution in [0.3, 0.4) is 0 Å². The van der Waals surface area contributed by atoms with Gasteiger partial charge in [0.1, 0.15) is 6.54 Å². The molecule has 0 aliphatic carbocycles. The van der Waals surface area contributed by atoms with Crippen LogP contribution >= 0.6 is 11.3 Å². The van der Waals surface area contributed by atoms with Crippen LogP contribution in [-0.2, 0) is 11.3 Å². The Morgan fingerprint density at radius 1 is 1.29 bits per heavy atom. The second kappa shape index (κ2) is 5.57. The molecule has 1 aromatic heterocycles. The van der Waals surface area contributed by atoms with E-state index in [2.05, 4.69) is 5.32 Å². The summed E-state index contributed by atoms with van der Waals surface area (Å²) in [5, 5.41) is 3.44. The molecule has 3 heterocycles. The minimum atomic E-state index is -0.0215. The molecule has 0 radical (unpaired) electrons. The van der Waals surface area contributed by atoms with Crippen molar-refractivity contribution in [2.75, 3.05) is 26.2 Å². The van der Waals surface area contributed by atoms with Crippen LogP contribution in [0.1, 0.15) is 29.8 Å². The van der Waals surface area contributed by atoms with Gasteiger partial charge in [0, 0.05) is 30.2 Å². The number of rotatable bonds is 2. The van der Waals surface area contributed by atoms with E-state index in [0.29, 0.717) is 5.41 Å². The van der Waals surface area contributed by atoms with Gasteiger partial charge in [-0.15, -0.1) is 0 Å². The van der Waals surface area contributed by atoms with Crippen molar-refractivity contribution in [3.8, 4) is 0 Å². The number of nitrogens with zero attached hydrogens (tertiary/aromatic N) is 2. The summed E-state index contributed by atoms with van der Waals surface area (Å²) >= 11 is 1.23. The Hall–Kier alpha value is -1.14. The van der Waals surface area contributed by atoms with Crippen molar-refractivity contribution in [1.82, 2.24) is 14.8 Å². The predicted octanol–water partition coefficient (Wildman–Crippen LogP) is 1.13. The standard InChI is InChI=1S/C15H23N3O2S/c1-11-12(2)21-14(20)18(11)9-13(19)17-7-4-15(5-8-17)3-6-16-10-15/h16H,3-10H2,1-2H3. The van der Waals surface area contributed by atoms with Gasteiger partial charge in [0.2, 0.25) is 5.91 Å². The largest absolute Gasteiger partial charge is 0.341 e. The summed E-state index contributed by atoms with van der Waals surface area (Å²) in [6.45, 7) is 7.90. The average Bonchev–Trinajstić information content (AvgIpc) is 3.00. The summed E-state index contributed by atoms with van der Waals surface area (Å²) < 4.78 is 1.61. The van der Waals surface area contributed by atoms with Crippen molar-refractivity contribution in [2.24, 2.45) is 5.41 Å². The van der Waals surface area contributed by atoms with E-state index < -0.39 is 0 Å². The van der Waals surface area contributed by atoms with Crippen molar-refractivity contribution in [3.63, 3.8) is 0 Å². The summed E-state index contributed by atoms with van der Waals surface area (Å²) in [6.07, 6.45) is 3.40. The molecule has 0 aromatic carbocycles. The molecule has 2 aliphatic rings. The van der Waals surface area contributed by atoms with E-state index in [9.17, 15) is 9.59 Å². The van der Waals surface area contributed by atoms with E-state index in [-0.39, 0.29) is 17.3 Å². The number of carbonyl (C=O) groups is 1. The molecule has 0 bridgehead atoms. The third-order valence-corrected chi connectivity index (χ3v) is 6.17. The molecule has 3 rings (SSSR count). The quantitative estimate of drug-likeness (QED) is 0.891. The molecule has 6 heteroatoms. The lowest BCUT2D eigenvalue weighted by atomic mass is 9.78. The number of nitrogens with one attached hydrogen (secondary N) is 1. The van der Waals surface area contributed by atoms with Crippen molar-refractivity contribution >= 4 is 17.2 Å². The van der Waals surface area contributed by atoms with E-state index in [1.807, 2.05) is 18.7 Å². The van der Waals surface area contributed by atoms with Gasteiger partial charge in [-0.3, -0.25) is 14.2 Å². The zero-order valence-corrected chi connectivity index (χ0v) is 13.6. The normalized spacial score (nSPS) is 21.1. The average molecular weight is 309 g/mol. The molecule has 0 unspecified atom stereocenters. The van der Waals surface area contributed by atoms with Crippen LogP contribution in [0.5, 0.6) is 0 Å². The van der Waals surface area contributed by atoms with Gasteiger partial charge >= 0.3 is 4.87 Å². The third kappa shape index (κ3) is 2.79. The molecular weight excluding hydrogens is 286 g/mol. The molecule has 21 heavy (non-hydrogen) atoms. The predicted molar refractivity (Wildman–Crippen MR) is 83.8 cm³/mol. The summed E-state index contributed by atoms with van der Waals surface area (Å²) in [7, 11) is 0. The fourth-order valence-corrected chi connectivity index (χ4v) is 4.29. The smallest absolute Gasteiger partial charge is 0.308 e. The van der Waals surface area contributed by atoms with Gasteiger partial charge in [0.25, 0.3) is 0 Å². The SMILES string of the molecule is Cc1sc(=O)n(CC(=O)N2CCC3(CCNC3)CC2)c1C. The number of hydrogen-bond acceptors (Lipinski definition) is 4. The van der Waals surface area contributed by atoms with Gasteiger partial charge in [-0.05, 0) is 45.1 Å². The monoisotopic (exact) mass is 309 g/mol. The molecule has 2 aliphatic heterocycles. The number of aryl methyl sites for hydroxylation is 1. The Morgan fingerprint density at radius 2 is 2.00 bits per heavy atom. The molecule has 0 saturated carbocycles. The third-order valence-electron chi connectivity index (χ3n) is 5.18. The number of aromatic nitrogens is 1. The van der Waals surface area contributed by atoms with Crippen LogP contribution in [0.25, 0.3) is 0 Å².